The Kier molecular flexibility index (Phi) is 9.90. The average Bonchev–Trinajstić information content (AvgIpc) is 3.53. The number of nitrogens with one attached hydrogen (secondary N) is 2. The standard InChI is InChI=1S/C35H42F3N7O3/c1-5-23-20-45(34(46)41-26-8-7-24(29(16-26)35(36,37)38)19-44-13-11-43(6-2)12-14-44)21-25-15-27(18-40-32(23)25)48-31-9-10-39-33-28(31)17-30(42-33)22(3)47-4/h7-10,15-18,22-23H,5-6,11-14,19-21H2,1-4H3,(H,39,42)(H,41,46). The van der Waals surface area contributed by atoms with E-state index in [0.717, 1.165) is 54.5 Å². The Balaban J connectivity index is 1.18. The van der Waals surface area contributed by atoms with Crippen LogP contribution in [0.5, 0.6) is 11.5 Å². The van der Waals surface area contributed by atoms with E-state index in [2.05, 4.69) is 27.1 Å². The summed E-state index contributed by atoms with van der Waals surface area (Å²) in [6, 6.07) is 9.22. The lowest BCUT2D eigenvalue weighted by Gasteiger charge is -2.34. The normalized spacial score (nSPS) is 18.1. The molecule has 0 bridgehead atoms. The maximum absolute atomic E-state index is 14.2. The van der Waals surface area contributed by atoms with Crippen LogP contribution in [0.3, 0.4) is 0 Å². The number of H-pyrrole nitrogens is 1. The molecule has 3 aromatic heterocycles. The van der Waals surface area contributed by atoms with Gasteiger partial charge in [-0.1, -0.05) is 19.9 Å². The number of benzene rings is 1. The van der Waals surface area contributed by atoms with Crippen molar-refractivity contribution in [2.75, 3.05) is 51.7 Å². The average molecular weight is 666 g/mol. The molecule has 0 aliphatic carbocycles. The number of aromatic amines is 1. The highest BCUT2D eigenvalue weighted by Gasteiger charge is 2.35. The second-order valence-electron chi connectivity index (χ2n) is 12.5. The lowest BCUT2D eigenvalue weighted by atomic mass is 9.92. The van der Waals surface area contributed by atoms with Crippen LogP contribution in [0.1, 0.15) is 67.3 Å². The number of urea groups is 1. The van der Waals surface area contributed by atoms with Crippen LogP contribution in [0.25, 0.3) is 11.0 Å². The third-order valence-corrected chi connectivity index (χ3v) is 9.45. The van der Waals surface area contributed by atoms with Crippen LogP contribution in [-0.4, -0.2) is 82.1 Å². The Morgan fingerprint density at radius 3 is 2.56 bits per heavy atom. The van der Waals surface area contributed by atoms with Gasteiger partial charge in [0.1, 0.15) is 17.1 Å². The minimum Gasteiger partial charge on any atom is -0.455 e. The van der Waals surface area contributed by atoms with Crippen molar-refractivity contribution in [2.45, 2.75) is 58.5 Å². The Morgan fingerprint density at radius 1 is 1.08 bits per heavy atom. The van der Waals surface area contributed by atoms with Crippen molar-refractivity contribution in [1.82, 2.24) is 29.7 Å². The zero-order valence-corrected chi connectivity index (χ0v) is 27.7. The molecule has 5 heterocycles. The Hall–Kier alpha value is -4.20. The maximum Gasteiger partial charge on any atom is 0.416 e. The number of amides is 2. The van der Waals surface area contributed by atoms with Crippen LogP contribution < -0.4 is 10.1 Å². The van der Waals surface area contributed by atoms with Crippen molar-refractivity contribution in [3.05, 3.63) is 76.9 Å². The van der Waals surface area contributed by atoms with Gasteiger partial charge in [-0.05, 0) is 61.3 Å². The van der Waals surface area contributed by atoms with Crippen LogP contribution in [0.4, 0.5) is 23.7 Å². The molecule has 10 nitrogen and oxygen atoms in total. The molecule has 2 amide bonds. The summed E-state index contributed by atoms with van der Waals surface area (Å²) < 4.78 is 54.3. The number of hydrogen-bond acceptors (Lipinski definition) is 7. The number of methoxy groups -OCH3 is 1. The molecule has 6 rings (SSSR count). The molecule has 0 radical (unpaired) electrons. The monoisotopic (exact) mass is 665 g/mol. The lowest BCUT2D eigenvalue weighted by Crippen LogP contribution is -2.45. The summed E-state index contributed by atoms with van der Waals surface area (Å²) in [5, 5.41) is 3.53. The second kappa shape index (κ2) is 14.1. The van der Waals surface area contributed by atoms with Crippen LogP contribution >= 0.6 is 0 Å². The number of nitrogens with zero attached hydrogens (tertiary/aromatic N) is 5. The van der Waals surface area contributed by atoms with Crippen molar-refractivity contribution in [1.29, 1.82) is 0 Å². The van der Waals surface area contributed by atoms with E-state index in [9.17, 15) is 18.0 Å². The molecule has 2 unspecified atom stereocenters. The summed E-state index contributed by atoms with van der Waals surface area (Å²) in [4.78, 5) is 31.8. The molecule has 2 N–H and O–H groups in total. The highest BCUT2D eigenvalue weighted by molar-refractivity contribution is 5.89. The molecule has 0 spiro atoms. The predicted molar refractivity (Wildman–Crippen MR) is 177 cm³/mol. The number of piperazine rings is 1. The first-order valence-electron chi connectivity index (χ1n) is 16.4. The summed E-state index contributed by atoms with van der Waals surface area (Å²) in [7, 11) is 1.64. The number of carbonyl (C=O) groups is 1. The van der Waals surface area contributed by atoms with Gasteiger partial charge >= 0.3 is 12.2 Å². The van der Waals surface area contributed by atoms with Crippen molar-refractivity contribution < 1.29 is 27.4 Å². The topological polar surface area (TPSA) is 98.9 Å². The van der Waals surface area contributed by atoms with Gasteiger partial charge in [0.05, 0.1) is 28.9 Å². The third-order valence-electron chi connectivity index (χ3n) is 9.45. The van der Waals surface area contributed by atoms with Gasteiger partial charge in [0.15, 0.2) is 0 Å². The Bertz CT molecular complexity index is 1750. The number of aromatic nitrogens is 3. The first-order chi connectivity index (χ1) is 23.1. The molecule has 0 saturated carbocycles. The molecule has 2 atom stereocenters. The van der Waals surface area contributed by atoms with E-state index < -0.39 is 17.8 Å². The number of likely N-dealkylation sites (N-methyl/N-ethyl adjacent to an activating group) is 1. The zero-order chi connectivity index (χ0) is 34.0. The maximum atomic E-state index is 14.2. The second-order valence-corrected chi connectivity index (χ2v) is 12.5. The number of pyridine rings is 2. The van der Waals surface area contributed by atoms with E-state index in [1.165, 1.54) is 6.07 Å². The first kappa shape index (κ1) is 33.7. The first-order valence-corrected chi connectivity index (χ1v) is 16.4. The Morgan fingerprint density at radius 2 is 1.85 bits per heavy atom. The molecule has 1 saturated heterocycles. The summed E-state index contributed by atoms with van der Waals surface area (Å²) >= 11 is 0. The summed E-state index contributed by atoms with van der Waals surface area (Å²) in [6.07, 6.45) is -0.627. The van der Waals surface area contributed by atoms with E-state index in [1.54, 1.807) is 36.5 Å². The van der Waals surface area contributed by atoms with Gasteiger partial charge in [-0.2, -0.15) is 13.2 Å². The predicted octanol–water partition coefficient (Wildman–Crippen LogP) is 7.16. The van der Waals surface area contributed by atoms with E-state index in [-0.39, 0.29) is 36.4 Å². The minimum atomic E-state index is -4.55. The fourth-order valence-electron chi connectivity index (χ4n) is 6.50. The largest absolute Gasteiger partial charge is 0.455 e. The number of anilines is 1. The molecular weight excluding hydrogens is 623 g/mol. The SMILES string of the molecule is CCC1CN(C(=O)Nc2ccc(CN3CCN(CC)CC3)c(C(F)(F)F)c2)Cc2cc(Oc3ccnc4[nH]c(C(C)OC)cc34)cnc21. The Labute approximate surface area is 278 Å². The van der Waals surface area contributed by atoms with E-state index >= 15 is 0 Å². The third kappa shape index (κ3) is 7.27. The van der Waals surface area contributed by atoms with Gasteiger partial charge in [0.25, 0.3) is 0 Å². The molecule has 13 heteroatoms. The van der Waals surface area contributed by atoms with Crippen LogP contribution in [0.15, 0.2) is 48.8 Å². The van der Waals surface area contributed by atoms with Gasteiger partial charge in [0, 0.05) is 76.4 Å². The lowest BCUT2D eigenvalue weighted by molar-refractivity contribution is -0.138. The van der Waals surface area contributed by atoms with Crippen molar-refractivity contribution in [3.8, 4) is 11.5 Å². The van der Waals surface area contributed by atoms with Gasteiger partial charge in [-0.3, -0.25) is 9.88 Å². The van der Waals surface area contributed by atoms with E-state index in [4.69, 9.17) is 14.5 Å². The van der Waals surface area contributed by atoms with Gasteiger partial charge in [-0.25, -0.2) is 9.78 Å². The quantitative estimate of drug-likeness (QED) is 0.196. The number of alkyl halides is 3. The fraction of sp³-hybridized carbons (Fsp3) is 0.457. The fourth-order valence-corrected chi connectivity index (χ4v) is 6.50. The number of rotatable bonds is 9. The summed E-state index contributed by atoms with van der Waals surface area (Å²) in [5.74, 6) is 1.06. The van der Waals surface area contributed by atoms with Gasteiger partial charge in [0.2, 0.25) is 0 Å². The molecule has 2 aliphatic rings. The zero-order valence-electron chi connectivity index (χ0n) is 27.7. The molecule has 4 aromatic rings. The summed E-state index contributed by atoms with van der Waals surface area (Å²) in [6.45, 7) is 10.9. The van der Waals surface area contributed by atoms with E-state index in [1.807, 2.05) is 30.9 Å². The van der Waals surface area contributed by atoms with Crippen LogP contribution in [0, 0.1) is 0 Å². The molecule has 1 fully saturated rings. The summed E-state index contributed by atoms with van der Waals surface area (Å²) in [5.41, 5.74) is 2.83. The number of carbonyl (C=O) groups excluding carboxylic acids is 1. The van der Waals surface area contributed by atoms with Gasteiger partial charge < -0.3 is 29.6 Å². The van der Waals surface area contributed by atoms with Crippen molar-refractivity contribution in [3.63, 3.8) is 0 Å². The molecule has 2 aliphatic heterocycles. The molecular formula is C35H42F3N7O3. The number of halogens is 3. The number of ether oxygens (including phenoxy) is 2. The van der Waals surface area contributed by atoms with Crippen molar-refractivity contribution >= 4 is 22.8 Å². The van der Waals surface area contributed by atoms with E-state index in [0.29, 0.717) is 36.8 Å². The molecule has 1 aromatic carbocycles. The number of hydrogen-bond donors (Lipinski definition) is 2. The van der Waals surface area contributed by atoms with Crippen LogP contribution in [0.2, 0.25) is 0 Å². The van der Waals surface area contributed by atoms with Crippen LogP contribution in [-0.2, 0) is 24.0 Å². The van der Waals surface area contributed by atoms with Crippen molar-refractivity contribution in [2.24, 2.45) is 0 Å². The minimum absolute atomic E-state index is 0.0368. The highest BCUT2D eigenvalue weighted by atomic mass is 19.4. The molecule has 48 heavy (non-hydrogen) atoms. The number of fused-ring (bicyclic) bond motifs is 2. The van der Waals surface area contributed by atoms with Gasteiger partial charge in [-0.15, -0.1) is 0 Å². The highest BCUT2D eigenvalue weighted by Crippen LogP contribution is 2.37. The molecule has 256 valence electrons. The smallest absolute Gasteiger partial charge is 0.416 e.